The normalized spacial score (nSPS) is 11.9. The van der Waals surface area contributed by atoms with Crippen LogP contribution in [-0.4, -0.2) is 12.2 Å². The van der Waals surface area contributed by atoms with Crippen LogP contribution in [0.2, 0.25) is 0 Å². The molecule has 0 saturated heterocycles. The van der Waals surface area contributed by atoms with Crippen molar-refractivity contribution >= 4 is 12.2 Å². The van der Waals surface area contributed by atoms with Crippen LogP contribution in [0.1, 0.15) is 91.9 Å². The third-order valence-corrected chi connectivity index (χ3v) is 7.30. The minimum absolute atomic E-state index is 0.0783. The second kappa shape index (κ2) is 15.6. The lowest BCUT2D eigenvalue weighted by Crippen LogP contribution is -2.08. The lowest BCUT2D eigenvalue weighted by atomic mass is 10.00. The molecule has 4 aromatic carbocycles. The molecule has 0 saturated carbocycles. The lowest BCUT2D eigenvalue weighted by molar-refractivity contribution is 0.0735. The number of unbranched alkanes of at least 4 members (excludes halogenated alkanes) is 6. The molecule has 0 radical (unpaired) electrons. The maximum Gasteiger partial charge on any atom is 0.343 e. The molecule has 3 nitrogen and oxygen atoms in total. The molecule has 206 valence electrons. The number of ether oxygens (including phenoxy) is 1. The number of hydrogen-bond donors (Lipinski definition) is 0. The van der Waals surface area contributed by atoms with Crippen LogP contribution >= 0.6 is 0 Å². The summed E-state index contributed by atoms with van der Waals surface area (Å²) in [4.78, 5) is 17.3. The first kappa shape index (κ1) is 29.0. The van der Waals surface area contributed by atoms with Gasteiger partial charge in [-0.05, 0) is 84.0 Å². The number of carbonyl (C=O) groups excluding carboxylic acids is 1. The van der Waals surface area contributed by atoms with E-state index in [9.17, 15) is 4.79 Å². The second-order valence-corrected chi connectivity index (χ2v) is 10.5. The zero-order chi connectivity index (χ0) is 28.0. The van der Waals surface area contributed by atoms with E-state index in [0.717, 1.165) is 23.1 Å². The minimum atomic E-state index is -0.365. The molecule has 0 aliphatic rings. The average Bonchev–Trinajstić information content (AvgIpc) is 3.01. The van der Waals surface area contributed by atoms with Gasteiger partial charge in [-0.2, -0.15) is 0 Å². The van der Waals surface area contributed by atoms with Crippen molar-refractivity contribution in [3.63, 3.8) is 0 Å². The minimum Gasteiger partial charge on any atom is -0.423 e. The third-order valence-electron chi connectivity index (χ3n) is 7.30. The van der Waals surface area contributed by atoms with E-state index in [2.05, 4.69) is 55.2 Å². The van der Waals surface area contributed by atoms with Gasteiger partial charge in [-0.25, -0.2) is 4.79 Å². The number of carbonyl (C=O) groups is 1. The molecule has 1 unspecified atom stereocenters. The van der Waals surface area contributed by atoms with Crippen LogP contribution in [0.5, 0.6) is 5.75 Å². The number of esters is 1. The van der Waals surface area contributed by atoms with Gasteiger partial charge in [0.25, 0.3) is 0 Å². The van der Waals surface area contributed by atoms with Crippen LogP contribution in [0, 0.1) is 0 Å². The van der Waals surface area contributed by atoms with Crippen LogP contribution in [-0.2, 0) is 6.42 Å². The van der Waals surface area contributed by atoms with E-state index in [0.29, 0.717) is 11.3 Å². The highest BCUT2D eigenvalue weighted by atomic mass is 16.5. The number of aryl methyl sites for hydroxylation is 1. The highest BCUT2D eigenvalue weighted by Gasteiger charge is 2.09. The zero-order valence-electron chi connectivity index (χ0n) is 23.9. The molecule has 4 rings (SSSR count). The van der Waals surface area contributed by atoms with Gasteiger partial charge in [0.1, 0.15) is 5.75 Å². The summed E-state index contributed by atoms with van der Waals surface area (Å²) < 4.78 is 5.60. The summed E-state index contributed by atoms with van der Waals surface area (Å²) in [6.45, 7) is 4.33. The Labute approximate surface area is 240 Å². The average molecular weight is 532 g/mol. The van der Waals surface area contributed by atoms with Crippen molar-refractivity contribution in [3.05, 3.63) is 125 Å². The molecule has 0 amide bonds. The molecule has 0 aromatic heterocycles. The first-order chi connectivity index (χ1) is 19.6. The number of aliphatic imine (C=N–C) groups is 1. The van der Waals surface area contributed by atoms with Crippen molar-refractivity contribution in [3.8, 4) is 16.9 Å². The maximum atomic E-state index is 12.7. The zero-order valence-corrected chi connectivity index (χ0v) is 23.9. The predicted molar refractivity (Wildman–Crippen MR) is 167 cm³/mol. The quantitative estimate of drug-likeness (QED) is 0.0703. The second-order valence-electron chi connectivity index (χ2n) is 10.5. The van der Waals surface area contributed by atoms with Gasteiger partial charge in [0, 0.05) is 6.21 Å². The molecule has 40 heavy (non-hydrogen) atoms. The molecule has 0 aliphatic heterocycles. The molecule has 0 N–H and O–H groups in total. The van der Waals surface area contributed by atoms with Gasteiger partial charge in [0.2, 0.25) is 0 Å². The van der Waals surface area contributed by atoms with E-state index in [1.165, 1.54) is 56.1 Å². The Bertz CT molecular complexity index is 1320. The summed E-state index contributed by atoms with van der Waals surface area (Å²) in [7, 11) is 0. The molecule has 0 bridgehead atoms. The maximum absolute atomic E-state index is 12.7. The van der Waals surface area contributed by atoms with Crippen LogP contribution in [0.15, 0.2) is 108 Å². The van der Waals surface area contributed by atoms with E-state index in [1.807, 2.05) is 60.8 Å². The van der Waals surface area contributed by atoms with E-state index in [-0.39, 0.29) is 12.0 Å². The summed E-state index contributed by atoms with van der Waals surface area (Å²) in [6, 6.07) is 34.1. The van der Waals surface area contributed by atoms with Gasteiger partial charge in [-0.3, -0.25) is 4.99 Å². The molecule has 4 aromatic rings. The van der Waals surface area contributed by atoms with Gasteiger partial charge in [0.05, 0.1) is 11.6 Å². The standard InChI is InChI=1S/C37H41NO2/c1-3-4-5-6-7-8-10-13-30-16-20-33(21-17-30)34-22-24-35(25-23-34)37(39)40-36-26-18-31(19-27-36)28-38-29(2)32-14-11-9-12-15-32/h9,11-12,14-29H,3-8,10,13H2,1-2H3. The number of hydrogen-bond acceptors (Lipinski definition) is 3. The summed E-state index contributed by atoms with van der Waals surface area (Å²) >= 11 is 0. The SMILES string of the molecule is CCCCCCCCCc1ccc(-c2ccc(C(=O)Oc3ccc(C=NC(C)c4ccccc4)cc3)cc2)cc1. The van der Waals surface area contributed by atoms with E-state index < -0.39 is 0 Å². The van der Waals surface area contributed by atoms with Crippen molar-refractivity contribution in [2.45, 2.75) is 71.3 Å². The number of nitrogens with zero attached hydrogens (tertiary/aromatic N) is 1. The molecular weight excluding hydrogens is 490 g/mol. The fraction of sp³-hybridized carbons (Fsp3) is 0.297. The number of rotatable bonds is 14. The Hall–Kier alpha value is -3.98. The Morgan fingerprint density at radius 1 is 0.725 bits per heavy atom. The largest absolute Gasteiger partial charge is 0.423 e. The molecule has 0 aliphatic carbocycles. The first-order valence-electron chi connectivity index (χ1n) is 14.7. The molecule has 0 fully saturated rings. The Balaban J connectivity index is 1.25. The molecule has 0 spiro atoms. The van der Waals surface area contributed by atoms with Crippen molar-refractivity contribution < 1.29 is 9.53 Å². The summed E-state index contributed by atoms with van der Waals surface area (Å²) in [5, 5.41) is 0. The summed E-state index contributed by atoms with van der Waals surface area (Å²) in [6.07, 6.45) is 12.3. The topological polar surface area (TPSA) is 38.7 Å². The van der Waals surface area contributed by atoms with Crippen LogP contribution in [0.3, 0.4) is 0 Å². The summed E-state index contributed by atoms with van der Waals surface area (Å²) in [5.41, 5.74) is 6.29. The highest BCUT2D eigenvalue weighted by molar-refractivity contribution is 5.91. The van der Waals surface area contributed by atoms with Gasteiger partial charge >= 0.3 is 5.97 Å². The van der Waals surface area contributed by atoms with Gasteiger partial charge < -0.3 is 4.74 Å². The van der Waals surface area contributed by atoms with E-state index in [1.54, 1.807) is 12.1 Å². The molecule has 1 atom stereocenters. The lowest BCUT2D eigenvalue weighted by Gasteiger charge is -2.08. The van der Waals surface area contributed by atoms with Crippen molar-refractivity contribution in [2.24, 2.45) is 4.99 Å². The van der Waals surface area contributed by atoms with E-state index >= 15 is 0 Å². The third kappa shape index (κ3) is 9.05. The summed E-state index contributed by atoms with van der Waals surface area (Å²) in [5.74, 6) is 0.148. The Morgan fingerprint density at radius 2 is 1.32 bits per heavy atom. The van der Waals surface area contributed by atoms with E-state index in [4.69, 9.17) is 4.74 Å². The first-order valence-corrected chi connectivity index (χ1v) is 14.7. The van der Waals surface area contributed by atoms with Gasteiger partial charge in [-0.15, -0.1) is 0 Å². The fourth-order valence-corrected chi connectivity index (χ4v) is 4.75. The van der Waals surface area contributed by atoms with Crippen LogP contribution in [0.4, 0.5) is 0 Å². The fourth-order valence-electron chi connectivity index (χ4n) is 4.75. The van der Waals surface area contributed by atoms with Crippen molar-refractivity contribution in [1.82, 2.24) is 0 Å². The van der Waals surface area contributed by atoms with Gasteiger partial charge in [-0.1, -0.05) is 112 Å². The predicted octanol–water partition coefficient (Wildman–Crippen LogP) is 10.0. The van der Waals surface area contributed by atoms with Crippen molar-refractivity contribution in [2.75, 3.05) is 0 Å². The highest BCUT2D eigenvalue weighted by Crippen LogP contribution is 2.23. The van der Waals surface area contributed by atoms with Crippen molar-refractivity contribution in [1.29, 1.82) is 0 Å². The number of benzene rings is 4. The molecular formula is C37H41NO2. The smallest absolute Gasteiger partial charge is 0.343 e. The Morgan fingerprint density at radius 3 is 1.98 bits per heavy atom. The Kier molecular flexibility index (Phi) is 11.3. The van der Waals surface area contributed by atoms with Gasteiger partial charge in [0.15, 0.2) is 0 Å². The van der Waals surface area contributed by atoms with Crippen LogP contribution < -0.4 is 4.74 Å². The molecule has 0 heterocycles. The molecule has 3 heteroatoms. The monoisotopic (exact) mass is 531 g/mol. The van der Waals surface area contributed by atoms with Crippen LogP contribution in [0.25, 0.3) is 11.1 Å².